The lowest BCUT2D eigenvalue weighted by Gasteiger charge is -2.48. The van der Waals surface area contributed by atoms with Gasteiger partial charge in [-0.15, -0.1) is 0 Å². The maximum atomic E-state index is 13.5. The summed E-state index contributed by atoms with van der Waals surface area (Å²) in [6, 6.07) is -0.0186. The summed E-state index contributed by atoms with van der Waals surface area (Å²) in [7, 11) is 5.53. The highest BCUT2D eigenvalue weighted by atomic mass is 19.1. The van der Waals surface area contributed by atoms with E-state index < -0.39 is 12.5 Å². The van der Waals surface area contributed by atoms with Gasteiger partial charge in [-0.05, 0) is 0 Å². The van der Waals surface area contributed by atoms with Crippen LogP contribution in [0.2, 0.25) is 0 Å². The highest BCUT2D eigenvalue weighted by molar-refractivity contribution is 4.94. The fourth-order valence-electron chi connectivity index (χ4n) is 2.31. The number of ether oxygens (including phenoxy) is 2. The van der Waals surface area contributed by atoms with E-state index in [9.17, 15) is 4.39 Å². The summed E-state index contributed by atoms with van der Waals surface area (Å²) >= 11 is 0. The van der Waals surface area contributed by atoms with Crippen LogP contribution in [-0.4, -0.2) is 56.8 Å². The number of likely N-dealkylation sites (tertiary alicyclic amines) is 1. The molecule has 2 aliphatic rings. The Morgan fingerprint density at radius 2 is 2.17 bits per heavy atom. The van der Waals surface area contributed by atoms with Crippen molar-refractivity contribution in [2.24, 2.45) is 0 Å². The van der Waals surface area contributed by atoms with Gasteiger partial charge >= 0.3 is 0 Å². The van der Waals surface area contributed by atoms with E-state index in [-0.39, 0.29) is 12.1 Å². The normalized spacial score (nSPS) is 50.0. The van der Waals surface area contributed by atoms with Crippen molar-refractivity contribution in [2.45, 2.75) is 24.6 Å². The minimum Gasteiger partial charge on any atom is -0.353 e. The molecule has 2 heterocycles. The summed E-state index contributed by atoms with van der Waals surface area (Å²) in [4.78, 5) is 0. The van der Waals surface area contributed by atoms with Crippen molar-refractivity contribution in [3.05, 3.63) is 0 Å². The first-order valence-electron chi connectivity index (χ1n) is 4.21. The molecular formula is C8H15FNO2+. The van der Waals surface area contributed by atoms with Crippen molar-refractivity contribution in [1.29, 1.82) is 0 Å². The Labute approximate surface area is 71.6 Å². The number of likely N-dealkylation sites (N-methyl/N-ethyl adjacent to an activating group) is 1. The van der Waals surface area contributed by atoms with Gasteiger partial charge in [-0.25, -0.2) is 4.39 Å². The molecule has 2 aliphatic heterocycles. The maximum Gasteiger partial charge on any atom is 0.205 e. The van der Waals surface area contributed by atoms with E-state index in [2.05, 4.69) is 0 Å². The maximum absolute atomic E-state index is 13.5. The Hall–Kier alpha value is -0.190. The predicted molar refractivity (Wildman–Crippen MR) is 41.3 cm³/mol. The number of nitrogens with zero attached hydrogens (tertiary/aromatic N) is 1. The van der Waals surface area contributed by atoms with Gasteiger partial charge in [0, 0.05) is 7.11 Å². The summed E-state index contributed by atoms with van der Waals surface area (Å²) in [5.74, 6) is 0. The van der Waals surface area contributed by atoms with Gasteiger partial charge in [0.05, 0.1) is 14.1 Å². The molecule has 0 spiro atoms. The molecule has 0 saturated carbocycles. The molecule has 0 aliphatic carbocycles. The molecular weight excluding hydrogens is 161 g/mol. The minimum atomic E-state index is -0.969. The monoisotopic (exact) mass is 176 g/mol. The lowest BCUT2D eigenvalue weighted by Crippen LogP contribution is -2.70. The fourth-order valence-corrected chi connectivity index (χ4v) is 2.31. The lowest BCUT2D eigenvalue weighted by atomic mass is 9.95. The zero-order valence-electron chi connectivity index (χ0n) is 7.66. The second kappa shape index (κ2) is 2.40. The number of hydrogen-bond acceptors (Lipinski definition) is 2. The quantitative estimate of drug-likeness (QED) is 0.530. The van der Waals surface area contributed by atoms with Crippen LogP contribution in [0.4, 0.5) is 4.39 Å². The van der Waals surface area contributed by atoms with E-state index in [1.807, 2.05) is 14.1 Å². The Morgan fingerprint density at radius 3 is 2.58 bits per heavy atom. The van der Waals surface area contributed by atoms with E-state index in [0.717, 1.165) is 6.54 Å². The molecule has 0 aromatic carbocycles. The summed E-state index contributed by atoms with van der Waals surface area (Å²) < 4.78 is 24.5. The first-order chi connectivity index (χ1) is 5.56. The largest absolute Gasteiger partial charge is 0.353 e. The molecule has 0 amide bonds. The van der Waals surface area contributed by atoms with E-state index in [1.54, 1.807) is 0 Å². The molecule has 2 saturated heterocycles. The molecule has 0 N–H and O–H groups in total. The molecule has 2 fully saturated rings. The van der Waals surface area contributed by atoms with Gasteiger partial charge < -0.3 is 14.0 Å². The van der Waals surface area contributed by atoms with Gasteiger partial charge in [0.15, 0.2) is 18.4 Å². The van der Waals surface area contributed by atoms with Crippen LogP contribution in [0, 0.1) is 0 Å². The van der Waals surface area contributed by atoms with Crippen LogP contribution in [0.5, 0.6) is 0 Å². The molecule has 0 unspecified atom stereocenters. The number of quaternary nitrogens is 1. The second-order valence-electron chi connectivity index (χ2n) is 4.17. The van der Waals surface area contributed by atoms with Crippen LogP contribution in [0.3, 0.4) is 0 Å². The predicted octanol–water partition coefficient (Wildman–Crippen LogP) is 0.154. The zero-order valence-corrected chi connectivity index (χ0v) is 7.66. The first kappa shape index (κ1) is 8.41. The number of hydrogen-bond donors (Lipinski definition) is 0. The van der Waals surface area contributed by atoms with Crippen molar-refractivity contribution >= 4 is 0 Å². The molecule has 4 atom stereocenters. The van der Waals surface area contributed by atoms with Crippen molar-refractivity contribution in [1.82, 2.24) is 0 Å². The summed E-state index contributed by atoms with van der Waals surface area (Å²) in [6.07, 6.45) is -1.54. The minimum absolute atomic E-state index is 0.0186. The van der Waals surface area contributed by atoms with Gasteiger partial charge in [0.1, 0.15) is 6.54 Å². The number of halogens is 1. The second-order valence-corrected chi connectivity index (χ2v) is 4.17. The van der Waals surface area contributed by atoms with Crippen molar-refractivity contribution < 1.29 is 18.3 Å². The Bertz CT molecular complexity index is 197. The third-order valence-electron chi connectivity index (χ3n) is 2.97. The van der Waals surface area contributed by atoms with E-state index in [1.165, 1.54) is 7.11 Å². The molecule has 0 aromatic rings. The van der Waals surface area contributed by atoms with Gasteiger partial charge in [0.25, 0.3) is 0 Å². The van der Waals surface area contributed by atoms with Crippen LogP contribution in [0.15, 0.2) is 0 Å². The average Bonchev–Trinajstić information content (AvgIpc) is 2.21. The Kier molecular flexibility index (Phi) is 1.68. The van der Waals surface area contributed by atoms with Gasteiger partial charge in [-0.2, -0.15) is 0 Å². The fraction of sp³-hybridized carbons (Fsp3) is 1.00. The van der Waals surface area contributed by atoms with Crippen molar-refractivity contribution in [3.63, 3.8) is 0 Å². The van der Waals surface area contributed by atoms with Crippen LogP contribution >= 0.6 is 0 Å². The van der Waals surface area contributed by atoms with Gasteiger partial charge in [0.2, 0.25) is 6.17 Å². The highest BCUT2D eigenvalue weighted by Gasteiger charge is 2.62. The molecule has 0 aromatic heterocycles. The number of alkyl halides is 1. The average molecular weight is 176 g/mol. The van der Waals surface area contributed by atoms with Crippen molar-refractivity contribution in [3.8, 4) is 0 Å². The molecule has 12 heavy (non-hydrogen) atoms. The summed E-state index contributed by atoms with van der Waals surface area (Å²) in [5.41, 5.74) is 0. The van der Waals surface area contributed by atoms with E-state index in [0.29, 0.717) is 4.48 Å². The smallest absolute Gasteiger partial charge is 0.205 e. The van der Waals surface area contributed by atoms with Crippen LogP contribution in [0.1, 0.15) is 0 Å². The zero-order chi connectivity index (χ0) is 8.93. The first-order valence-corrected chi connectivity index (χ1v) is 4.21. The molecule has 4 heteroatoms. The van der Waals surface area contributed by atoms with Gasteiger partial charge in [-0.3, -0.25) is 0 Å². The summed E-state index contributed by atoms with van der Waals surface area (Å²) in [5, 5.41) is 0. The highest BCUT2D eigenvalue weighted by Crippen LogP contribution is 2.39. The summed E-state index contributed by atoms with van der Waals surface area (Å²) in [6.45, 7) is 0.894. The standard InChI is InChI=1S/C8H15FNO2/c1-10(2)4-5-7(10)6(9)8(11-3)12-5/h5-8H,4H2,1-3H3/q+1/t5-,6-,7+,8-/m1/s1. The SMILES string of the molecule is CO[C@@H]1O[C@@H]2C[N+](C)(C)[C@@H]2[C@H]1F. The van der Waals surface area contributed by atoms with Crippen molar-refractivity contribution in [2.75, 3.05) is 27.7 Å². The number of fused-ring (bicyclic) bond motifs is 1. The van der Waals surface area contributed by atoms with Crippen LogP contribution in [0.25, 0.3) is 0 Å². The lowest BCUT2D eigenvalue weighted by molar-refractivity contribution is -0.962. The van der Waals surface area contributed by atoms with Gasteiger partial charge in [-0.1, -0.05) is 0 Å². The third-order valence-corrected chi connectivity index (χ3v) is 2.97. The van der Waals surface area contributed by atoms with E-state index in [4.69, 9.17) is 9.47 Å². The topological polar surface area (TPSA) is 18.5 Å². The van der Waals surface area contributed by atoms with Crippen LogP contribution < -0.4 is 0 Å². The van der Waals surface area contributed by atoms with Crippen LogP contribution in [-0.2, 0) is 9.47 Å². The molecule has 0 radical (unpaired) electrons. The molecule has 0 bridgehead atoms. The Morgan fingerprint density at radius 1 is 1.50 bits per heavy atom. The molecule has 2 rings (SSSR count). The number of methoxy groups -OCH3 is 1. The molecule has 3 nitrogen and oxygen atoms in total. The Balaban J connectivity index is 2.10. The van der Waals surface area contributed by atoms with E-state index >= 15 is 0 Å². The third kappa shape index (κ3) is 0.917. The molecule has 70 valence electrons. The number of rotatable bonds is 1.